The van der Waals surface area contributed by atoms with E-state index in [0.29, 0.717) is 22.9 Å². The summed E-state index contributed by atoms with van der Waals surface area (Å²) in [5.74, 6) is 1.50. The molecule has 2 N–H and O–H groups in total. The Kier molecular flexibility index (Phi) is 4.70. The van der Waals surface area contributed by atoms with E-state index in [-0.39, 0.29) is 0 Å². The number of anilines is 1. The summed E-state index contributed by atoms with van der Waals surface area (Å²) in [6.45, 7) is 4.02. The Balaban J connectivity index is 2.09. The fourth-order valence-electron chi connectivity index (χ4n) is 1.94. The lowest BCUT2D eigenvalue weighted by molar-refractivity contribution is 0.0787. The van der Waals surface area contributed by atoms with Gasteiger partial charge in [-0.3, -0.25) is 0 Å². The van der Waals surface area contributed by atoms with Crippen LogP contribution in [0.2, 0.25) is 5.02 Å². The van der Waals surface area contributed by atoms with E-state index in [1.54, 1.807) is 33.2 Å². The smallest absolute Gasteiger partial charge is 0.126 e. The highest BCUT2D eigenvalue weighted by Gasteiger charge is 2.20. The van der Waals surface area contributed by atoms with Crippen LogP contribution in [-0.2, 0) is 12.1 Å². The summed E-state index contributed by atoms with van der Waals surface area (Å²) in [7, 11) is 1.64. The Morgan fingerprint density at radius 2 is 1.95 bits per heavy atom. The maximum absolute atomic E-state index is 10.1. The molecule has 0 amide bonds. The highest BCUT2D eigenvalue weighted by molar-refractivity contribution is 6.31. The quantitative estimate of drug-likeness (QED) is 0.886. The molecule has 21 heavy (non-hydrogen) atoms. The fraction of sp³-hybridized carbons (Fsp3) is 0.312. The average molecular weight is 307 g/mol. The molecule has 0 bridgehead atoms. The van der Waals surface area contributed by atoms with Crippen LogP contribution in [0, 0.1) is 0 Å². The molecule has 2 aromatic rings. The highest BCUT2D eigenvalue weighted by atomic mass is 35.5. The second-order valence-corrected chi connectivity index (χ2v) is 5.72. The van der Waals surface area contributed by atoms with Crippen molar-refractivity contribution in [2.75, 3.05) is 12.4 Å². The minimum Gasteiger partial charge on any atom is -0.497 e. The Labute approximate surface area is 129 Å². The van der Waals surface area contributed by atoms with Gasteiger partial charge >= 0.3 is 0 Å². The van der Waals surface area contributed by atoms with Gasteiger partial charge in [-0.1, -0.05) is 23.7 Å². The molecule has 1 aromatic carbocycles. The summed E-state index contributed by atoms with van der Waals surface area (Å²) in [5.41, 5.74) is 0.755. The van der Waals surface area contributed by atoms with Crippen LogP contribution in [0.3, 0.4) is 0 Å². The number of benzene rings is 1. The summed E-state index contributed by atoms with van der Waals surface area (Å²) in [4.78, 5) is 4.22. The molecule has 0 fully saturated rings. The Bertz CT molecular complexity index is 607. The van der Waals surface area contributed by atoms with Crippen molar-refractivity contribution in [3.05, 3.63) is 52.7 Å². The monoisotopic (exact) mass is 306 g/mol. The van der Waals surface area contributed by atoms with Crippen LogP contribution in [0.1, 0.15) is 25.0 Å². The molecule has 0 saturated heterocycles. The SMILES string of the molecule is COc1ccc(CNc2cc(C(C)(C)O)c(Cl)cn2)cc1. The molecule has 0 aliphatic rings. The maximum Gasteiger partial charge on any atom is 0.126 e. The van der Waals surface area contributed by atoms with E-state index in [0.717, 1.165) is 11.3 Å². The average Bonchev–Trinajstić information content (AvgIpc) is 2.45. The summed E-state index contributed by atoms with van der Waals surface area (Å²) >= 11 is 6.07. The number of methoxy groups -OCH3 is 1. The summed E-state index contributed by atoms with van der Waals surface area (Å²) in [5, 5.41) is 13.8. The van der Waals surface area contributed by atoms with E-state index in [1.165, 1.54) is 0 Å². The zero-order valence-electron chi connectivity index (χ0n) is 12.4. The molecule has 0 spiro atoms. The Hall–Kier alpha value is -1.78. The van der Waals surface area contributed by atoms with E-state index in [4.69, 9.17) is 16.3 Å². The number of ether oxygens (including phenoxy) is 1. The number of halogens is 1. The van der Waals surface area contributed by atoms with Gasteiger partial charge in [-0.05, 0) is 37.6 Å². The number of hydrogen-bond acceptors (Lipinski definition) is 4. The molecule has 0 radical (unpaired) electrons. The first-order valence-corrected chi connectivity index (χ1v) is 7.03. The third kappa shape index (κ3) is 4.09. The minimum atomic E-state index is -1.00. The van der Waals surface area contributed by atoms with Crippen LogP contribution >= 0.6 is 11.6 Å². The lowest BCUT2D eigenvalue weighted by atomic mass is 9.99. The second kappa shape index (κ2) is 6.33. The number of nitrogens with one attached hydrogen (secondary N) is 1. The van der Waals surface area contributed by atoms with Crippen molar-refractivity contribution in [3.63, 3.8) is 0 Å². The van der Waals surface area contributed by atoms with Crippen LogP contribution in [0.15, 0.2) is 36.5 Å². The molecule has 4 nitrogen and oxygen atoms in total. The van der Waals surface area contributed by atoms with Gasteiger partial charge in [0.1, 0.15) is 11.6 Å². The second-order valence-electron chi connectivity index (χ2n) is 5.31. The van der Waals surface area contributed by atoms with Gasteiger partial charge in [-0.15, -0.1) is 0 Å². The van der Waals surface area contributed by atoms with Crippen molar-refractivity contribution in [3.8, 4) is 5.75 Å². The Morgan fingerprint density at radius 1 is 1.29 bits per heavy atom. The normalized spacial score (nSPS) is 11.3. The van der Waals surface area contributed by atoms with E-state index in [2.05, 4.69) is 10.3 Å². The molecule has 0 unspecified atom stereocenters. The van der Waals surface area contributed by atoms with Gasteiger partial charge in [0.05, 0.1) is 17.7 Å². The summed E-state index contributed by atoms with van der Waals surface area (Å²) < 4.78 is 5.12. The molecule has 5 heteroatoms. The molecule has 0 atom stereocenters. The molecule has 1 aromatic heterocycles. The third-order valence-electron chi connectivity index (χ3n) is 3.15. The van der Waals surface area contributed by atoms with Crippen LogP contribution in [0.5, 0.6) is 5.75 Å². The number of pyridine rings is 1. The number of rotatable bonds is 5. The maximum atomic E-state index is 10.1. The molecule has 0 saturated carbocycles. The topological polar surface area (TPSA) is 54.4 Å². The van der Waals surface area contributed by atoms with Crippen LogP contribution < -0.4 is 10.1 Å². The van der Waals surface area contributed by atoms with Crippen molar-refractivity contribution in [1.29, 1.82) is 0 Å². The fourth-order valence-corrected chi connectivity index (χ4v) is 2.27. The number of nitrogens with zero attached hydrogens (tertiary/aromatic N) is 1. The van der Waals surface area contributed by atoms with Crippen molar-refractivity contribution in [2.24, 2.45) is 0 Å². The standard InChI is InChI=1S/C16H19ClN2O2/c1-16(2,20)13-8-15(19-10-14(13)17)18-9-11-4-6-12(21-3)7-5-11/h4-8,10,20H,9H2,1-3H3,(H,18,19). The predicted octanol–water partition coefficient (Wildman–Crippen LogP) is 3.58. The lowest BCUT2D eigenvalue weighted by Gasteiger charge is -2.20. The minimum absolute atomic E-state index is 0.456. The zero-order chi connectivity index (χ0) is 15.5. The van der Waals surface area contributed by atoms with Crippen molar-refractivity contribution >= 4 is 17.4 Å². The molecular weight excluding hydrogens is 288 g/mol. The van der Waals surface area contributed by atoms with Gasteiger partial charge in [-0.25, -0.2) is 4.98 Å². The predicted molar refractivity (Wildman–Crippen MR) is 84.8 cm³/mol. The van der Waals surface area contributed by atoms with Crippen molar-refractivity contribution < 1.29 is 9.84 Å². The van der Waals surface area contributed by atoms with E-state index in [1.807, 2.05) is 24.3 Å². The van der Waals surface area contributed by atoms with E-state index >= 15 is 0 Å². The summed E-state index contributed by atoms with van der Waals surface area (Å²) in [6.07, 6.45) is 1.55. The van der Waals surface area contributed by atoms with Gasteiger partial charge in [0.15, 0.2) is 0 Å². The first-order chi connectivity index (χ1) is 9.90. The molecule has 112 valence electrons. The zero-order valence-corrected chi connectivity index (χ0v) is 13.1. The van der Waals surface area contributed by atoms with Gasteiger partial charge in [0.25, 0.3) is 0 Å². The van der Waals surface area contributed by atoms with E-state index < -0.39 is 5.60 Å². The van der Waals surface area contributed by atoms with Gasteiger partial charge in [0.2, 0.25) is 0 Å². The lowest BCUT2D eigenvalue weighted by Crippen LogP contribution is -2.17. The largest absolute Gasteiger partial charge is 0.497 e. The summed E-state index contributed by atoms with van der Waals surface area (Å²) in [6, 6.07) is 9.56. The Morgan fingerprint density at radius 3 is 2.52 bits per heavy atom. The number of hydrogen-bond donors (Lipinski definition) is 2. The van der Waals surface area contributed by atoms with Gasteiger partial charge in [0, 0.05) is 18.3 Å². The van der Waals surface area contributed by atoms with Crippen LogP contribution in [0.25, 0.3) is 0 Å². The van der Waals surface area contributed by atoms with Gasteiger partial charge in [-0.2, -0.15) is 0 Å². The third-order valence-corrected chi connectivity index (χ3v) is 3.45. The van der Waals surface area contributed by atoms with Crippen molar-refractivity contribution in [1.82, 2.24) is 4.98 Å². The molecule has 0 aliphatic heterocycles. The first kappa shape index (κ1) is 15.6. The van der Waals surface area contributed by atoms with Crippen molar-refractivity contribution in [2.45, 2.75) is 26.0 Å². The van der Waals surface area contributed by atoms with Gasteiger partial charge < -0.3 is 15.2 Å². The highest BCUT2D eigenvalue weighted by Crippen LogP contribution is 2.28. The van der Waals surface area contributed by atoms with Crippen LogP contribution in [-0.4, -0.2) is 17.2 Å². The van der Waals surface area contributed by atoms with Crippen LogP contribution in [0.4, 0.5) is 5.82 Å². The number of aromatic nitrogens is 1. The number of aliphatic hydroxyl groups is 1. The molecule has 0 aliphatic carbocycles. The molecule has 2 rings (SSSR count). The molecular formula is C16H19ClN2O2. The van der Waals surface area contributed by atoms with E-state index in [9.17, 15) is 5.11 Å². The molecule has 1 heterocycles. The first-order valence-electron chi connectivity index (χ1n) is 6.65.